The number of carbonyl (C=O) groups is 10. The summed E-state index contributed by atoms with van der Waals surface area (Å²) in [5, 5.41) is 35.2. The van der Waals surface area contributed by atoms with E-state index in [0.717, 1.165) is 35.9 Å². The van der Waals surface area contributed by atoms with Crippen molar-refractivity contribution in [3.05, 3.63) is 95.8 Å². The summed E-state index contributed by atoms with van der Waals surface area (Å²) in [6.07, 6.45) is 1.93. The van der Waals surface area contributed by atoms with E-state index >= 15 is 4.39 Å². The summed E-state index contributed by atoms with van der Waals surface area (Å²) in [7, 11) is 1.62. The van der Waals surface area contributed by atoms with Gasteiger partial charge in [-0.25, -0.2) is 8.78 Å². The molecule has 1 aliphatic rings. The number of aliphatic carboxylic acids is 1. The van der Waals surface area contributed by atoms with Crippen molar-refractivity contribution in [1.29, 1.82) is 0 Å². The number of methoxy groups -OCH3 is 1. The largest absolute Gasteiger partial charge is 0.481 e. The third-order valence-electron chi connectivity index (χ3n) is 15.6. The molecular weight excluding hydrogens is 1410 g/mol. The van der Waals surface area contributed by atoms with Gasteiger partial charge in [-0.1, -0.05) is 51.1 Å². The average molecular weight is 1520 g/mol. The number of imide groups is 1. The molecule has 4 rings (SSSR count). The van der Waals surface area contributed by atoms with Gasteiger partial charge in [0.15, 0.2) is 0 Å². The highest BCUT2D eigenvalue weighted by atomic mass is 19.1. The van der Waals surface area contributed by atoms with Crippen molar-refractivity contribution in [2.24, 2.45) is 5.41 Å². The zero-order chi connectivity index (χ0) is 78.2. The zero-order valence-corrected chi connectivity index (χ0v) is 61.9. The van der Waals surface area contributed by atoms with Gasteiger partial charge in [-0.3, -0.25) is 52.8 Å². The number of hydrogen-bond donors (Lipinski definition) is 8. The van der Waals surface area contributed by atoms with Crippen LogP contribution in [-0.2, 0) is 111 Å². The number of carboxylic acid groups (broad SMARTS) is 1. The molecule has 1 aromatic heterocycles. The molecule has 0 radical (unpaired) electrons. The number of benzene rings is 2. The minimum Gasteiger partial charge on any atom is -0.481 e. The van der Waals surface area contributed by atoms with Crippen LogP contribution in [0.15, 0.2) is 72.9 Å². The fourth-order valence-corrected chi connectivity index (χ4v) is 10.3. The van der Waals surface area contributed by atoms with Gasteiger partial charge < -0.3 is 108 Å². The number of carbonyl (C=O) groups excluding carboxylic acids is 9. The summed E-state index contributed by atoms with van der Waals surface area (Å²) in [6, 6.07) is 6.40. The van der Waals surface area contributed by atoms with Gasteiger partial charge in [0.1, 0.15) is 49.0 Å². The minimum atomic E-state index is -1.91. The van der Waals surface area contributed by atoms with Crippen LogP contribution in [0.4, 0.5) is 8.78 Å². The van der Waals surface area contributed by atoms with E-state index in [1.165, 1.54) is 18.7 Å². The normalized spacial score (nSPS) is 13.6. The number of aliphatic hydroxyl groups excluding tert-OH is 1. The van der Waals surface area contributed by atoms with Gasteiger partial charge in [0, 0.05) is 74.9 Å². The summed E-state index contributed by atoms with van der Waals surface area (Å²) in [4.78, 5) is 133. The van der Waals surface area contributed by atoms with Crippen LogP contribution in [0.5, 0.6) is 0 Å². The molecule has 598 valence electrons. The number of rotatable bonds is 60. The van der Waals surface area contributed by atoms with Crippen LogP contribution in [-0.4, -0.2) is 300 Å². The maximum Gasteiger partial charge on any atom is 0.305 e. The van der Waals surface area contributed by atoms with Crippen LogP contribution < -0.4 is 31.9 Å². The van der Waals surface area contributed by atoms with Crippen LogP contribution >= 0.6 is 0 Å². The molecule has 2 heterocycles. The molecule has 1 aliphatic heterocycles. The molecule has 0 bridgehead atoms. The second kappa shape index (κ2) is 52.7. The molecule has 8 N–H and O–H groups in total. The summed E-state index contributed by atoms with van der Waals surface area (Å²) in [5.41, 5.74) is 0.399. The molecule has 0 spiro atoms. The molecule has 35 heteroatoms. The molecule has 5 atom stereocenters. The van der Waals surface area contributed by atoms with Crippen molar-refractivity contribution >= 4 is 59.1 Å². The lowest BCUT2D eigenvalue weighted by atomic mass is 9.82. The number of carboxylic acids is 1. The first kappa shape index (κ1) is 91.1. The van der Waals surface area contributed by atoms with E-state index < -0.39 is 139 Å². The van der Waals surface area contributed by atoms with E-state index in [-0.39, 0.29) is 63.6 Å². The monoisotopic (exact) mass is 1520 g/mol. The minimum absolute atomic E-state index is 0.0223. The molecular formula is C72H107F2N9O24. The summed E-state index contributed by atoms with van der Waals surface area (Å²) in [5.74, 6) is -10.7. The third kappa shape index (κ3) is 37.4. The Morgan fingerprint density at radius 1 is 0.542 bits per heavy atom. The fraction of sp³-hybridized carbons (Fsp3) is 0.611. The Hall–Kier alpha value is -8.30. The lowest BCUT2D eigenvalue weighted by Crippen LogP contribution is -2.58. The van der Waals surface area contributed by atoms with Crippen LogP contribution in [0, 0.1) is 17.0 Å². The van der Waals surface area contributed by atoms with Crippen molar-refractivity contribution in [1.82, 2.24) is 46.3 Å². The highest BCUT2D eigenvalue weighted by Gasteiger charge is 2.39. The lowest BCUT2D eigenvalue weighted by Gasteiger charge is -2.41. The van der Waals surface area contributed by atoms with Crippen LogP contribution in [0.2, 0.25) is 0 Å². The number of nitrogens with zero attached hydrogens (tertiary/aromatic N) is 3. The molecule has 0 unspecified atom stereocenters. The second-order valence-corrected chi connectivity index (χ2v) is 25.1. The summed E-state index contributed by atoms with van der Waals surface area (Å²) >= 11 is 0. The number of halogens is 2. The number of ether oxygens (including phenoxy) is 12. The van der Waals surface area contributed by atoms with E-state index in [9.17, 15) is 62.5 Å². The second-order valence-electron chi connectivity index (χ2n) is 25.1. The molecule has 107 heavy (non-hydrogen) atoms. The third-order valence-corrected chi connectivity index (χ3v) is 15.6. The van der Waals surface area contributed by atoms with E-state index in [2.05, 4.69) is 31.9 Å². The van der Waals surface area contributed by atoms with Gasteiger partial charge in [-0.2, -0.15) is 0 Å². The van der Waals surface area contributed by atoms with E-state index in [1.807, 2.05) is 18.2 Å². The highest BCUT2D eigenvalue weighted by molar-refractivity contribution is 6.14. The van der Waals surface area contributed by atoms with Crippen LogP contribution in [0.25, 0.3) is 11.1 Å². The Morgan fingerprint density at radius 3 is 1.48 bits per heavy atom. The Bertz CT molecular complexity index is 3200. The summed E-state index contributed by atoms with van der Waals surface area (Å²) < 4.78 is 97.0. The van der Waals surface area contributed by atoms with Crippen LogP contribution in [0.1, 0.15) is 71.2 Å². The molecule has 9 amide bonds. The topological polar surface area (TPSA) is 406 Å². The van der Waals surface area contributed by atoms with Crippen molar-refractivity contribution < 1.29 is 124 Å². The predicted octanol–water partition coefficient (Wildman–Crippen LogP) is 0.610. The highest BCUT2D eigenvalue weighted by Crippen LogP contribution is 2.41. The molecule has 33 nitrogen and oxygen atoms in total. The first-order valence-corrected chi connectivity index (χ1v) is 35.4. The van der Waals surface area contributed by atoms with Gasteiger partial charge in [0.05, 0.1) is 164 Å². The van der Waals surface area contributed by atoms with Gasteiger partial charge in [0.2, 0.25) is 41.4 Å². The predicted molar refractivity (Wildman–Crippen MR) is 380 cm³/mol. The maximum absolute atomic E-state index is 15.5. The Morgan fingerprint density at radius 2 is 1.00 bits per heavy atom. The summed E-state index contributed by atoms with van der Waals surface area (Å²) in [6.45, 7) is 14.4. The van der Waals surface area contributed by atoms with Crippen molar-refractivity contribution in [3.8, 4) is 11.1 Å². The SMILES string of the molecule is COCCOCCOCCOCCOCCOCCOCCOCCOCCOCCOCCOCCC(=O)N[C@@H](C)C(=O)N[C@H](C)C(=O)N[C@@H](CC(=O)O)C(=O)N[C@@H](CCN(C(=O)CO)[C@@H](c1cc(-c2cc(F)ccc2F)cn1Cc1ccccc1)C(C)(C)C)C(=O)NCCNC(=O)CN1C(=O)C=CC1=O. The van der Waals surface area contributed by atoms with E-state index in [1.54, 1.807) is 56.8 Å². The van der Waals surface area contributed by atoms with Crippen molar-refractivity contribution in [3.63, 3.8) is 0 Å². The molecule has 0 fully saturated rings. The van der Waals surface area contributed by atoms with Crippen molar-refractivity contribution in [2.75, 3.05) is 192 Å². The quantitative estimate of drug-likeness (QED) is 0.0283. The fourth-order valence-electron chi connectivity index (χ4n) is 10.3. The number of aromatic nitrogens is 1. The average Bonchev–Trinajstić information content (AvgIpc) is 1.64. The molecule has 3 aromatic rings. The maximum atomic E-state index is 15.5. The molecule has 0 saturated heterocycles. The van der Waals surface area contributed by atoms with Gasteiger partial charge >= 0.3 is 5.97 Å². The molecule has 0 aliphatic carbocycles. The van der Waals surface area contributed by atoms with Crippen LogP contribution in [0.3, 0.4) is 0 Å². The van der Waals surface area contributed by atoms with E-state index in [0.29, 0.717) is 136 Å². The first-order valence-electron chi connectivity index (χ1n) is 35.4. The number of hydrogen-bond acceptors (Lipinski definition) is 23. The standard InChI is InChI=1S/C72H107F2N9O24/c1-51(77-61(85)17-21-97-24-25-99-28-29-101-32-33-103-36-37-105-40-41-107-43-42-106-39-38-104-35-34-102-31-30-100-27-26-98-23-22-96-6)68(92)78-52(2)69(93)80-59(46-66(90)91)71(95)79-58(70(94)76-19-18-75-62(86)49-83-63(87)14-15-64(83)88)16-20-82(65(89)50-84)67(72(3,4)5)60-44-54(56-45-55(73)12-13-57(56)74)48-81(60)47-53-10-8-7-9-11-53/h7-15,44-45,48,51-52,58-59,67,84H,16-43,46-47,49-50H2,1-6H3,(H,75,86)(H,76,94)(H,77,85)(H,78,92)(H,79,95)(H,80,93)(H,90,91)/t51-,52+,58-,59-,67-/m0/s1. The number of nitrogens with one attached hydrogen (secondary N) is 6. The smallest absolute Gasteiger partial charge is 0.305 e. The van der Waals surface area contributed by atoms with Gasteiger partial charge in [0.25, 0.3) is 11.8 Å². The van der Waals surface area contributed by atoms with Gasteiger partial charge in [-0.15, -0.1) is 0 Å². The lowest BCUT2D eigenvalue weighted by molar-refractivity contribution is -0.142. The molecule has 2 aromatic carbocycles. The zero-order valence-electron chi connectivity index (χ0n) is 61.9. The Balaban J connectivity index is 1.19. The Labute approximate surface area is 621 Å². The van der Waals surface area contributed by atoms with Crippen molar-refractivity contribution in [2.45, 2.75) is 90.6 Å². The number of amides is 9. The Kier molecular flexibility index (Phi) is 44.8. The van der Waals surface area contributed by atoms with Gasteiger partial charge in [-0.05, 0) is 55.5 Å². The number of aliphatic hydroxyl groups is 1. The molecule has 0 saturated carbocycles. The van der Waals surface area contributed by atoms with E-state index in [4.69, 9.17) is 56.8 Å². The first-order chi connectivity index (χ1) is 51.4.